The van der Waals surface area contributed by atoms with Crippen LogP contribution >= 0.6 is 0 Å². The van der Waals surface area contributed by atoms with Gasteiger partial charge in [0.15, 0.2) is 0 Å². The fourth-order valence-electron chi connectivity index (χ4n) is 3.36. The average molecular weight is 389 g/mol. The molecule has 0 saturated heterocycles. The van der Waals surface area contributed by atoms with E-state index in [1.807, 2.05) is 6.92 Å². The van der Waals surface area contributed by atoms with Crippen LogP contribution in [0.3, 0.4) is 0 Å². The zero-order chi connectivity index (χ0) is 19.9. The molecule has 0 bridgehead atoms. The van der Waals surface area contributed by atoms with Crippen LogP contribution < -0.4 is 5.56 Å². The van der Waals surface area contributed by atoms with Gasteiger partial charge in [-0.15, -0.1) is 0 Å². The predicted molar refractivity (Wildman–Crippen MR) is 96.4 cm³/mol. The van der Waals surface area contributed by atoms with Crippen molar-refractivity contribution in [3.8, 4) is 11.4 Å². The lowest BCUT2D eigenvalue weighted by molar-refractivity contribution is -0.137. The second kappa shape index (κ2) is 6.90. The molecule has 0 atom stereocenters. The Balaban J connectivity index is 1.56. The van der Waals surface area contributed by atoms with Gasteiger partial charge in [-0.05, 0) is 19.1 Å². The van der Waals surface area contributed by atoms with E-state index in [1.54, 1.807) is 6.20 Å². The highest BCUT2D eigenvalue weighted by Gasteiger charge is 2.30. The number of nitrogens with one attached hydrogen (secondary N) is 2. The van der Waals surface area contributed by atoms with E-state index in [2.05, 4.69) is 24.8 Å². The molecule has 1 aliphatic rings. The third-order valence-corrected chi connectivity index (χ3v) is 4.78. The molecule has 0 spiro atoms. The molecule has 0 radical (unpaired) electrons. The number of halogens is 3. The summed E-state index contributed by atoms with van der Waals surface area (Å²) in [5.74, 6) is 1.13. The fraction of sp³-hybridized carbons (Fsp3) is 0.316. The molecule has 28 heavy (non-hydrogen) atoms. The number of hydrogen-bond acceptors (Lipinski definition) is 4. The maximum absolute atomic E-state index is 12.7. The summed E-state index contributed by atoms with van der Waals surface area (Å²) in [5.41, 5.74) is 1.72. The first-order valence-electron chi connectivity index (χ1n) is 8.82. The van der Waals surface area contributed by atoms with Crippen LogP contribution in [-0.4, -0.2) is 31.4 Å². The van der Waals surface area contributed by atoms with Gasteiger partial charge in [-0.1, -0.05) is 12.1 Å². The molecule has 0 aliphatic carbocycles. The molecule has 4 rings (SSSR count). The van der Waals surface area contributed by atoms with Crippen molar-refractivity contribution in [3.63, 3.8) is 0 Å². The molecule has 0 unspecified atom stereocenters. The molecule has 3 heterocycles. The van der Waals surface area contributed by atoms with E-state index in [0.29, 0.717) is 36.3 Å². The van der Waals surface area contributed by atoms with Crippen LogP contribution in [0.25, 0.3) is 11.4 Å². The van der Waals surface area contributed by atoms with E-state index >= 15 is 0 Å². The molecule has 0 amide bonds. The van der Waals surface area contributed by atoms with E-state index in [1.165, 1.54) is 12.1 Å². The number of benzene rings is 1. The van der Waals surface area contributed by atoms with Gasteiger partial charge < -0.3 is 9.97 Å². The number of fused-ring (bicyclic) bond motifs is 1. The molecule has 0 fully saturated rings. The molecule has 3 aromatic rings. The summed E-state index contributed by atoms with van der Waals surface area (Å²) >= 11 is 0. The number of hydrogen-bond donors (Lipinski definition) is 2. The molecule has 1 aliphatic heterocycles. The number of imidazole rings is 1. The molecule has 1 aromatic carbocycles. The Morgan fingerprint density at radius 3 is 2.57 bits per heavy atom. The standard InChI is InChI=1S/C19H18F3N5O/c1-11-23-8-14(24-11)9-27-7-6-16-15(10-27)18(28)26-17(25-16)12-2-4-13(5-3-12)19(20,21)22/h2-5,8H,6-7,9-10H2,1H3,(H,23,24)(H,25,26,28). The van der Waals surface area contributed by atoms with Crippen molar-refractivity contribution < 1.29 is 13.2 Å². The molecule has 146 valence electrons. The number of alkyl halides is 3. The Morgan fingerprint density at radius 1 is 1.18 bits per heavy atom. The van der Waals surface area contributed by atoms with Crippen LogP contribution in [0.2, 0.25) is 0 Å². The minimum absolute atomic E-state index is 0.259. The summed E-state index contributed by atoms with van der Waals surface area (Å²) in [7, 11) is 0. The lowest BCUT2D eigenvalue weighted by Gasteiger charge is -2.27. The van der Waals surface area contributed by atoms with Gasteiger partial charge in [-0.3, -0.25) is 9.69 Å². The van der Waals surface area contributed by atoms with Crippen LogP contribution in [0, 0.1) is 6.92 Å². The van der Waals surface area contributed by atoms with Gasteiger partial charge in [0.05, 0.1) is 16.8 Å². The van der Waals surface area contributed by atoms with E-state index < -0.39 is 11.7 Å². The molecule has 2 aromatic heterocycles. The summed E-state index contributed by atoms with van der Waals surface area (Å²) in [6, 6.07) is 4.62. The monoisotopic (exact) mass is 389 g/mol. The highest BCUT2D eigenvalue weighted by atomic mass is 19.4. The van der Waals surface area contributed by atoms with Gasteiger partial charge in [-0.2, -0.15) is 13.2 Å². The van der Waals surface area contributed by atoms with Crippen LogP contribution in [-0.2, 0) is 25.7 Å². The largest absolute Gasteiger partial charge is 0.416 e. The van der Waals surface area contributed by atoms with Crippen LogP contribution in [0.15, 0.2) is 35.3 Å². The van der Waals surface area contributed by atoms with Gasteiger partial charge in [0.1, 0.15) is 11.6 Å². The van der Waals surface area contributed by atoms with Crippen molar-refractivity contribution >= 4 is 0 Å². The number of aromatic nitrogens is 4. The van der Waals surface area contributed by atoms with Gasteiger partial charge >= 0.3 is 6.18 Å². The number of rotatable bonds is 3. The maximum Gasteiger partial charge on any atom is 0.416 e. The summed E-state index contributed by atoms with van der Waals surface area (Å²) in [4.78, 5) is 29.2. The first-order chi connectivity index (χ1) is 13.3. The van der Waals surface area contributed by atoms with Gasteiger partial charge in [0.2, 0.25) is 0 Å². The second-order valence-electron chi connectivity index (χ2n) is 6.87. The van der Waals surface area contributed by atoms with Gasteiger partial charge in [0, 0.05) is 43.5 Å². The van der Waals surface area contributed by atoms with E-state index in [-0.39, 0.29) is 11.4 Å². The summed E-state index contributed by atoms with van der Waals surface area (Å²) in [6.45, 7) is 3.73. The third kappa shape index (κ3) is 3.70. The molecule has 6 nitrogen and oxygen atoms in total. The topological polar surface area (TPSA) is 77.7 Å². The second-order valence-corrected chi connectivity index (χ2v) is 6.87. The number of H-pyrrole nitrogens is 2. The Hall–Kier alpha value is -2.94. The van der Waals surface area contributed by atoms with Crippen molar-refractivity contribution in [2.75, 3.05) is 6.54 Å². The van der Waals surface area contributed by atoms with Crippen LogP contribution in [0.4, 0.5) is 13.2 Å². The Bertz CT molecular complexity index is 1050. The smallest absolute Gasteiger partial charge is 0.345 e. The van der Waals surface area contributed by atoms with E-state index in [9.17, 15) is 18.0 Å². The first-order valence-corrected chi connectivity index (χ1v) is 8.82. The summed E-state index contributed by atoms with van der Waals surface area (Å²) in [5, 5.41) is 0. The minimum Gasteiger partial charge on any atom is -0.345 e. The molecule has 9 heteroatoms. The molecular formula is C19H18F3N5O. The third-order valence-electron chi connectivity index (χ3n) is 4.78. The average Bonchev–Trinajstić information content (AvgIpc) is 3.06. The number of nitrogens with zero attached hydrogens (tertiary/aromatic N) is 3. The van der Waals surface area contributed by atoms with Crippen LogP contribution in [0.5, 0.6) is 0 Å². The fourth-order valence-corrected chi connectivity index (χ4v) is 3.36. The lowest BCUT2D eigenvalue weighted by Crippen LogP contribution is -2.35. The Kier molecular flexibility index (Phi) is 4.54. The SMILES string of the molecule is Cc1ncc(CN2CCc3nc(-c4ccc(C(F)(F)F)cc4)[nH]c(=O)c3C2)[nH]1. The first kappa shape index (κ1) is 18.4. The molecule has 2 N–H and O–H groups in total. The highest BCUT2D eigenvalue weighted by Crippen LogP contribution is 2.30. The zero-order valence-corrected chi connectivity index (χ0v) is 15.1. The Labute approximate surface area is 158 Å². The normalized spacial score (nSPS) is 14.9. The minimum atomic E-state index is -4.40. The van der Waals surface area contributed by atoms with E-state index in [4.69, 9.17) is 0 Å². The Morgan fingerprint density at radius 2 is 1.93 bits per heavy atom. The van der Waals surface area contributed by atoms with E-state index in [0.717, 1.165) is 30.2 Å². The maximum atomic E-state index is 12.7. The lowest BCUT2D eigenvalue weighted by atomic mass is 10.1. The van der Waals surface area contributed by atoms with Crippen molar-refractivity contribution in [2.45, 2.75) is 32.6 Å². The van der Waals surface area contributed by atoms with Crippen molar-refractivity contribution in [1.29, 1.82) is 0 Å². The van der Waals surface area contributed by atoms with Gasteiger partial charge in [0.25, 0.3) is 5.56 Å². The number of aryl methyl sites for hydroxylation is 1. The zero-order valence-electron chi connectivity index (χ0n) is 15.1. The molecule has 0 saturated carbocycles. The number of aromatic amines is 2. The molecular weight excluding hydrogens is 371 g/mol. The van der Waals surface area contributed by atoms with Gasteiger partial charge in [-0.25, -0.2) is 9.97 Å². The summed E-state index contributed by atoms with van der Waals surface area (Å²) < 4.78 is 38.2. The quantitative estimate of drug-likeness (QED) is 0.722. The predicted octanol–water partition coefficient (Wildman–Crippen LogP) is 3.05. The van der Waals surface area contributed by atoms with Crippen molar-refractivity contribution in [3.05, 3.63) is 69.2 Å². The van der Waals surface area contributed by atoms with Crippen LogP contribution in [0.1, 0.15) is 28.3 Å². The summed E-state index contributed by atoms with van der Waals surface area (Å²) in [6.07, 6.45) is -2.02. The highest BCUT2D eigenvalue weighted by molar-refractivity contribution is 5.56. The van der Waals surface area contributed by atoms with Crippen molar-refractivity contribution in [2.24, 2.45) is 0 Å². The van der Waals surface area contributed by atoms with Crippen molar-refractivity contribution in [1.82, 2.24) is 24.8 Å².